The Balaban J connectivity index is 0.000000701. The lowest BCUT2D eigenvalue weighted by molar-refractivity contribution is -0.345. The van der Waals surface area contributed by atoms with E-state index >= 15 is 0 Å². The van der Waals surface area contributed by atoms with Crippen molar-refractivity contribution in [1.29, 1.82) is 0 Å². The van der Waals surface area contributed by atoms with E-state index in [4.69, 9.17) is 24.7 Å². The van der Waals surface area contributed by atoms with Crippen molar-refractivity contribution in [3.8, 4) is 0 Å². The van der Waals surface area contributed by atoms with Crippen LogP contribution < -0.4 is 5.73 Å². The minimum Gasteiger partial charge on any atom is -0.458 e. The largest absolute Gasteiger partial charge is 0.458 e. The number of esters is 3. The van der Waals surface area contributed by atoms with Crippen LogP contribution in [-0.4, -0.2) is 99.0 Å². The third-order valence-electron chi connectivity index (χ3n) is 12.1. The molecular weight excluding hydrogens is 738 g/mol. The number of aliphatic hydroxyl groups is 3. The van der Waals surface area contributed by atoms with Gasteiger partial charge in [0.15, 0.2) is 11.4 Å². The predicted octanol–water partition coefficient (Wildman–Crippen LogP) is 4.15. The molecule has 14 heteroatoms. The first-order valence-corrected chi connectivity index (χ1v) is 19.1. The van der Waals surface area contributed by atoms with Crippen molar-refractivity contribution >= 4 is 29.8 Å². The second-order valence-corrected chi connectivity index (χ2v) is 17.2. The van der Waals surface area contributed by atoms with E-state index in [0.717, 1.165) is 5.56 Å². The molecule has 57 heavy (non-hydrogen) atoms. The molecule has 1 amide bonds. The van der Waals surface area contributed by atoms with Crippen LogP contribution in [0.1, 0.15) is 90.6 Å². The van der Waals surface area contributed by atoms with Crippen LogP contribution >= 0.6 is 0 Å². The number of amides is 1. The molecule has 5 unspecified atom stereocenters. The van der Waals surface area contributed by atoms with Crippen molar-refractivity contribution in [3.63, 3.8) is 0 Å². The van der Waals surface area contributed by atoms with Gasteiger partial charge in [0.1, 0.15) is 35.6 Å². The molecule has 310 valence electrons. The van der Waals surface area contributed by atoms with E-state index in [-0.39, 0.29) is 37.0 Å². The fraction of sp³-hybridized carbons (Fsp3) is 0.558. The minimum atomic E-state index is -2.14. The van der Waals surface area contributed by atoms with Crippen molar-refractivity contribution in [3.05, 3.63) is 82.9 Å². The minimum absolute atomic E-state index is 0.0281. The summed E-state index contributed by atoms with van der Waals surface area (Å²) in [6.07, 6.45) is -7.64. The standard InChI is InChI=1S/C38H44O11.C5H11NO2/c1-21-25(47-28(41)17-16-23-12-8-6-9-13-23)19-38(45)33(48-34(44)24-14-10-7-11-15-24)31-36(5,32(43)30(42)29(21)35(38,3)4)26(40)18-27-37(31,20-46-27)49-22(2)39;1-5(2,3)8-4(6)7/h6-15,25-27,30-31,33,40,42,45H,16-20H2,1-5H3;1-3H3,(H2,6,7)/t25-,26?,27?,30?,31-,33-,36?,37-,38?;/m0./s1. The van der Waals surface area contributed by atoms with Gasteiger partial charge in [-0.15, -0.1) is 0 Å². The maximum atomic E-state index is 14.7. The smallest absolute Gasteiger partial charge is 0.405 e. The van der Waals surface area contributed by atoms with Crippen molar-refractivity contribution < 1.29 is 63.0 Å². The Kier molecular flexibility index (Phi) is 12.2. The van der Waals surface area contributed by atoms with Gasteiger partial charge in [0.05, 0.1) is 29.6 Å². The second-order valence-electron chi connectivity index (χ2n) is 17.2. The third kappa shape index (κ3) is 8.09. The molecule has 0 spiro atoms. The first-order chi connectivity index (χ1) is 26.5. The number of aryl methyl sites for hydroxylation is 1. The topological polar surface area (TPSA) is 218 Å². The molecule has 3 aliphatic carbocycles. The third-order valence-corrected chi connectivity index (χ3v) is 12.1. The highest BCUT2D eigenvalue weighted by Crippen LogP contribution is 2.64. The number of aliphatic hydroxyl groups excluding tert-OH is 2. The van der Waals surface area contributed by atoms with Gasteiger partial charge in [-0.05, 0) is 69.9 Å². The molecule has 5 N–H and O–H groups in total. The summed E-state index contributed by atoms with van der Waals surface area (Å²) in [5.74, 6) is -4.29. The SMILES string of the molecule is CC(=O)O[C@@]12COC1CC(O)C1(C)C(=O)C(O)C3=C(C)[C@@H](OC(=O)CCc4ccccc4)CC(O)([C@@H](OC(=O)c4ccccc4)[C@@H]12)C3(C)C.CC(C)(C)OC(N)=O. The number of hydrogen-bond donors (Lipinski definition) is 4. The van der Waals surface area contributed by atoms with Crippen LogP contribution in [-0.2, 0) is 44.5 Å². The number of hydrogen-bond acceptors (Lipinski definition) is 13. The molecule has 2 aromatic rings. The van der Waals surface area contributed by atoms with Crippen molar-refractivity contribution in [2.24, 2.45) is 22.5 Å². The summed E-state index contributed by atoms with van der Waals surface area (Å²) in [6.45, 7) is 12.6. The molecule has 1 heterocycles. The maximum Gasteiger partial charge on any atom is 0.405 e. The number of ether oxygens (including phenoxy) is 5. The monoisotopic (exact) mass is 793 g/mol. The van der Waals surface area contributed by atoms with Crippen LogP contribution in [0.25, 0.3) is 0 Å². The van der Waals surface area contributed by atoms with Gasteiger partial charge < -0.3 is 44.7 Å². The quantitative estimate of drug-likeness (QED) is 0.176. The zero-order valence-corrected chi connectivity index (χ0v) is 33.8. The summed E-state index contributed by atoms with van der Waals surface area (Å²) in [6, 6.07) is 17.5. The lowest BCUT2D eigenvalue weighted by Crippen LogP contribution is -2.81. The number of primary amides is 1. The fourth-order valence-corrected chi connectivity index (χ4v) is 9.18. The summed E-state index contributed by atoms with van der Waals surface area (Å²) in [4.78, 5) is 64.7. The van der Waals surface area contributed by atoms with Crippen LogP contribution in [0.5, 0.6) is 0 Å². The van der Waals surface area contributed by atoms with E-state index in [9.17, 15) is 39.3 Å². The molecule has 1 aliphatic heterocycles. The van der Waals surface area contributed by atoms with Gasteiger partial charge in [-0.1, -0.05) is 62.4 Å². The molecule has 4 aliphatic rings. The highest BCUT2D eigenvalue weighted by atomic mass is 16.6. The number of benzene rings is 2. The van der Waals surface area contributed by atoms with Crippen molar-refractivity contribution in [2.75, 3.05) is 6.61 Å². The Bertz CT molecular complexity index is 1890. The number of rotatable bonds is 7. The van der Waals surface area contributed by atoms with E-state index in [1.807, 2.05) is 30.3 Å². The number of carbonyl (C=O) groups is 5. The average molecular weight is 794 g/mol. The van der Waals surface area contributed by atoms with E-state index in [2.05, 4.69) is 4.74 Å². The van der Waals surface area contributed by atoms with Gasteiger partial charge >= 0.3 is 24.0 Å². The normalized spacial score (nSPS) is 32.6. The first-order valence-electron chi connectivity index (χ1n) is 19.1. The molecule has 1 saturated heterocycles. The fourth-order valence-electron chi connectivity index (χ4n) is 9.18. The highest BCUT2D eigenvalue weighted by Gasteiger charge is 2.78. The van der Waals surface area contributed by atoms with E-state index in [1.54, 1.807) is 59.7 Å². The van der Waals surface area contributed by atoms with Gasteiger partial charge in [-0.2, -0.15) is 0 Å². The van der Waals surface area contributed by atoms with Crippen LogP contribution in [0.2, 0.25) is 0 Å². The molecule has 2 aromatic carbocycles. The molecular formula is C43H55NO13. The summed E-state index contributed by atoms with van der Waals surface area (Å²) in [7, 11) is 0. The highest BCUT2D eigenvalue weighted by molar-refractivity contribution is 5.94. The van der Waals surface area contributed by atoms with Crippen LogP contribution in [0.3, 0.4) is 0 Å². The van der Waals surface area contributed by atoms with Gasteiger partial charge in [-0.25, -0.2) is 9.59 Å². The van der Waals surface area contributed by atoms with Crippen LogP contribution in [0.15, 0.2) is 71.8 Å². The van der Waals surface area contributed by atoms with Crippen LogP contribution in [0, 0.1) is 16.7 Å². The summed E-state index contributed by atoms with van der Waals surface area (Å²) >= 11 is 0. The van der Waals surface area contributed by atoms with Gasteiger partial charge in [0.2, 0.25) is 0 Å². The molecule has 3 fully saturated rings. The second kappa shape index (κ2) is 16.0. The van der Waals surface area contributed by atoms with E-state index in [1.165, 1.54) is 26.0 Å². The Morgan fingerprint density at radius 2 is 1.54 bits per heavy atom. The van der Waals surface area contributed by atoms with Crippen molar-refractivity contribution in [1.82, 2.24) is 0 Å². The number of nitrogens with two attached hydrogens (primary N) is 1. The first kappa shape index (κ1) is 43.5. The molecule has 6 rings (SSSR count). The Morgan fingerprint density at radius 1 is 0.947 bits per heavy atom. The number of carbonyl (C=O) groups excluding carboxylic acids is 5. The predicted molar refractivity (Wildman–Crippen MR) is 204 cm³/mol. The molecule has 0 radical (unpaired) electrons. The Hall–Kier alpha value is -4.63. The molecule has 2 bridgehead atoms. The Morgan fingerprint density at radius 3 is 2.05 bits per heavy atom. The van der Waals surface area contributed by atoms with Crippen molar-refractivity contribution in [2.45, 2.75) is 128 Å². The number of ketones is 1. The maximum absolute atomic E-state index is 14.7. The van der Waals surface area contributed by atoms with Gasteiger partial charge in [0.25, 0.3) is 0 Å². The average Bonchev–Trinajstić information content (AvgIpc) is 3.12. The van der Waals surface area contributed by atoms with Gasteiger partial charge in [-0.3, -0.25) is 14.4 Å². The summed E-state index contributed by atoms with van der Waals surface area (Å²) in [5, 5.41) is 37.0. The lowest BCUT2D eigenvalue weighted by Gasteiger charge is -2.67. The molecule has 2 saturated carbocycles. The molecule has 14 nitrogen and oxygen atoms in total. The van der Waals surface area contributed by atoms with E-state index < -0.39 is 93.9 Å². The Labute approximate surface area is 332 Å². The lowest BCUT2D eigenvalue weighted by atomic mass is 9.44. The molecule has 9 atom stereocenters. The summed E-state index contributed by atoms with van der Waals surface area (Å²) in [5.41, 5.74) is -1.29. The zero-order chi connectivity index (χ0) is 42.3. The summed E-state index contributed by atoms with van der Waals surface area (Å²) < 4.78 is 28.7. The molecule has 0 aromatic heterocycles. The van der Waals surface area contributed by atoms with Gasteiger partial charge in [0, 0.05) is 31.6 Å². The zero-order valence-electron chi connectivity index (χ0n) is 33.8. The number of Topliss-reactive ketones (excluding diaryl/α,β-unsaturated/α-hetero) is 1. The number of fused-ring (bicyclic) bond motifs is 5. The van der Waals surface area contributed by atoms with E-state index in [0.29, 0.717) is 12.0 Å². The van der Waals surface area contributed by atoms with Crippen LogP contribution in [0.4, 0.5) is 4.79 Å².